The number of nitrogens with one attached hydrogen (secondary N) is 4. The zero-order chi connectivity index (χ0) is 53.3. The van der Waals surface area contributed by atoms with Crippen LogP contribution in [0.4, 0.5) is 11.4 Å². The standard InChI is InChI=1S/C38H50I6N6O19/c1-35(65,11-53)45-31(61)19-23(39)20(32(62)46-36(2,66)12-54)26(42)29(25(19)41)49(17(59)7-51)5-15(57)9-69-10-16(58)6-50(18(60)8-52)30-27(43)21(33(63)47-37(3,67)13-55)24(40)22(28(30)44)34(64)48-38(4,68)14-56/h15-16,51-58,65-68H,5-14H2,1-4H3,(H,45,61)(H,46,62)(H,47,63)(H,48,64). The largest absolute Gasteiger partial charge is 0.391 e. The number of halogens is 6. The van der Waals surface area contributed by atoms with Gasteiger partial charge in [-0.2, -0.15) is 0 Å². The number of aliphatic hydroxyl groups excluding tert-OH is 8. The number of carbonyl (C=O) groups is 6. The molecule has 31 heteroatoms. The highest BCUT2D eigenvalue weighted by Gasteiger charge is 2.38. The molecule has 0 spiro atoms. The number of ether oxygens (including phenoxy) is 1. The highest BCUT2D eigenvalue weighted by molar-refractivity contribution is 14.1. The molecule has 0 aliphatic carbocycles. The predicted octanol–water partition coefficient (Wildman–Crippen LogP) is -2.87. The van der Waals surface area contributed by atoms with Crippen LogP contribution in [0.2, 0.25) is 0 Å². The highest BCUT2D eigenvalue weighted by Crippen LogP contribution is 2.40. The van der Waals surface area contributed by atoms with Crippen LogP contribution in [0.15, 0.2) is 0 Å². The topological polar surface area (TPSA) is 409 Å². The zero-order valence-electron chi connectivity index (χ0n) is 36.6. The lowest BCUT2D eigenvalue weighted by atomic mass is 10.0. The molecule has 0 aliphatic heterocycles. The fourth-order valence-electron chi connectivity index (χ4n) is 5.63. The monoisotopic (exact) mass is 1660 g/mol. The third-order valence-electron chi connectivity index (χ3n) is 9.08. The van der Waals surface area contributed by atoms with E-state index in [2.05, 4.69) is 21.3 Å². The fourth-order valence-corrected chi connectivity index (χ4v) is 15.1. The summed E-state index contributed by atoms with van der Waals surface area (Å²) in [6.45, 7) is -4.65. The van der Waals surface area contributed by atoms with Crippen molar-refractivity contribution in [2.24, 2.45) is 0 Å². The third kappa shape index (κ3) is 17.1. The molecule has 388 valence electrons. The van der Waals surface area contributed by atoms with E-state index in [-0.39, 0.29) is 55.0 Å². The molecular formula is C38H50I6N6O19. The number of benzene rings is 2. The molecule has 0 heterocycles. The predicted molar refractivity (Wildman–Crippen MR) is 292 cm³/mol. The lowest BCUT2D eigenvalue weighted by molar-refractivity contribution is -0.122. The van der Waals surface area contributed by atoms with Gasteiger partial charge in [0.15, 0.2) is 22.9 Å². The molecule has 6 unspecified atom stereocenters. The number of carbonyl (C=O) groups excluding carboxylic acids is 6. The number of anilines is 2. The first-order valence-electron chi connectivity index (χ1n) is 19.5. The summed E-state index contributed by atoms with van der Waals surface area (Å²) in [6, 6.07) is 0. The van der Waals surface area contributed by atoms with Gasteiger partial charge in [-0.3, -0.25) is 28.8 Å². The van der Waals surface area contributed by atoms with Crippen molar-refractivity contribution >= 4 is 182 Å². The summed E-state index contributed by atoms with van der Waals surface area (Å²) >= 11 is 9.89. The van der Waals surface area contributed by atoms with Crippen molar-refractivity contribution in [3.63, 3.8) is 0 Å². The van der Waals surface area contributed by atoms with E-state index < -0.39 is 136 Å². The van der Waals surface area contributed by atoms with Gasteiger partial charge >= 0.3 is 0 Å². The summed E-state index contributed by atoms with van der Waals surface area (Å²) < 4.78 is 5.16. The molecule has 2 aromatic carbocycles. The molecule has 6 atom stereocenters. The first-order valence-corrected chi connectivity index (χ1v) is 26.0. The van der Waals surface area contributed by atoms with Gasteiger partial charge in [0.25, 0.3) is 35.4 Å². The van der Waals surface area contributed by atoms with Crippen LogP contribution in [-0.4, -0.2) is 198 Å². The molecule has 0 saturated heterocycles. The van der Waals surface area contributed by atoms with Gasteiger partial charge in [0.2, 0.25) is 0 Å². The Hall–Kier alpha value is -0.880. The van der Waals surface area contributed by atoms with Gasteiger partial charge in [0.05, 0.1) is 113 Å². The van der Waals surface area contributed by atoms with Gasteiger partial charge in [0, 0.05) is 7.14 Å². The number of hydrogen-bond donors (Lipinski definition) is 16. The quantitative estimate of drug-likeness (QED) is 0.0371. The molecule has 6 amide bonds. The van der Waals surface area contributed by atoms with Crippen molar-refractivity contribution in [2.75, 3.05) is 75.7 Å². The number of rotatable bonds is 24. The second-order valence-corrected chi connectivity index (χ2v) is 22.3. The van der Waals surface area contributed by atoms with Crippen LogP contribution < -0.4 is 31.1 Å². The van der Waals surface area contributed by atoms with E-state index in [1.807, 2.05) is 0 Å². The van der Waals surface area contributed by atoms with E-state index in [0.717, 1.165) is 37.5 Å². The first kappa shape index (κ1) is 64.2. The Labute approximate surface area is 475 Å². The van der Waals surface area contributed by atoms with E-state index in [9.17, 15) is 90.0 Å². The van der Waals surface area contributed by atoms with Gasteiger partial charge < -0.3 is 97.1 Å². The lowest BCUT2D eigenvalue weighted by Gasteiger charge is -2.31. The summed E-state index contributed by atoms with van der Waals surface area (Å²) in [7, 11) is 0. The van der Waals surface area contributed by atoms with Crippen molar-refractivity contribution in [1.29, 1.82) is 0 Å². The molecule has 0 saturated carbocycles. The minimum atomic E-state index is -2.18. The molecular weight excluding hydrogens is 1610 g/mol. The molecule has 25 nitrogen and oxygen atoms in total. The van der Waals surface area contributed by atoms with Gasteiger partial charge in [-0.05, 0) is 163 Å². The Morgan fingerprint density at radius 2 is 0.681 bits per heavy atom. The van der Waals surface area contributed by atoms with Crippen LogP contribution in [0.5, 0.6) is 0 Å². The van der Waals surface area contributed by atoms with Gasteiger partial charge in [-0.25, -0.2) is 0 Å². The van der Waals surface area contributed by atoms with E-state index in [0.29, 0.717) is 0 Å². The van der Waals surface area contributed by atoms with Crippen molar-refractivity contribution in [3.8, 4) is 0 Å². The minimum Gasteiger partial charge on any atom is -0.391 e. The van der Waals surface area contributed by atoms with Crippen LogP contribution in [0.25, 0.3) is 0 Å². The Morgan fingerprint density at radius 1 is 0.464 bits per heavy atom. The maximum absolute atomic E-state index is 13.7. The fraction of sp³-hybridized carbons (Fsp3) is 0.526. The summed E-state index contributed by atoms with van der Waals surface area (Å²) in [5.41, 5.74) is -10.5. The second-order valence-electron chi connectivity index (χ2n) is 15.8. The Morgan fingerprint density at radius 3 is 0.870 bits per heavy atom. The molecule has 0 aliphatic rings. The average molecular weight is 1660 g/mol. The molecule has 16 N–H and O–H groups in total. The number of nitrogens with zero attached hydrogens (tertiary/aromatic N) is 2. The van der Waals surface area contributed by atoms with Gasteiger partial charge in [-0.1, -0.05) is 0 Å². The first-order chi connectivity index (χ1) is 31.7. The van der Waals surface area contributed by atoms with Crippen LogP contribution in [0.1, 0.15) is 69.1 Å². The van der Waals surface area contributed by atoms with Gasteiger partial charge in [0.1, 0.15) is 13.2 Å². The smallest absolute Gasteiger partial charge is 0.255 e. The average Bonchev–Trinajstić information content (AvgIpc) is 3.24. The molecule has 2 aromatic rings. The molecule has 0 radical (unpaired) electrons. The van der Waals surface area contributed by atoms with Crippen LogP contribution >= 0.6 is 136 Å². The number of aliphatic hydroxyl groups is 12. The summed E-state index contributed by atoms with van der Waals surface area (Å²) in [5, 5.41) is 132. The van der Waals surface area contributed by atoms with Crippen LogP contribution in [-0.2, 0) is 14.3 Å². The molecule has 2 rings (SSSR count). The normalized spacial score (nSPS) is 15.9. The Balaban J connectivity index is 2.64. The molecule has 69 heavy (non-hydrogen) atoms. The molecule has 0 fully saturated rings. The van der Waals surface area contributed by atoms with Crippen molar-refractivity contribution in [3.05, 3.63) is 43.7 Å². The van der Waals surface area contributed by atoms with E-state index in [1.54, 1.807) is 136 Å². The maximum atomic E-state index is 13.7. The molecule has 0 bridgehead atoms. The summed E-state index contributed by atoms with van der Waals surface area (Å²) in [4.78, 5) is 83.1. The van der Waals surface area contributed by atoms with Crippen molar-refractivity contribution < 1.29 is 94.8 Å². The Bertz CT molecular complexity index is 2000. The van der Waals surface area contributed by atoms with Crippen LogP contribution in [0, 0.1) is 21.4 Å². The van der Waals surface area contributed by atoms with Crippen molar-refractivity contribution in [1.82, 2.24) is 21.3 Å². The maximum Gasteiger partial charge on any atom is 0.255 e. The highest BCUT2D eigenvalue weighted by atomic mass is 127. The van der Waals surface area contributed by atoms with Gasteiger partial charge in [-0.15, -0.1) is 0 Å². The summed E-state index contributed by atoms with van der Waals surface area (Å²) in [5.74, 6) is -6.35. The SMILES string of the molecule is CC(O)(CO)NC(=O)c1c(I)c(C(=O)NC(C)(O)CO)c(I)c(N(CC(O)COCC(O)CN(C(=O)CO)c2c(I)c(C(=O)NC(C)(O)CO)c(I)c(C(=O)NC(C)(O)CO)c2I)C(=O)CO)c1I. The summed E-state index contributed by atoms with van der Waals surface area (Å²) in [6.07, 6.45) is -3.36. The molecule has 0 aromatic heterocycles. The second kappa shape index (κ2) is 27.1. The lowest BCUT2D eigenvalue weighted by Crippen LogP contribution is -2.50. The van der Waals surface area contributed by atoms with E-state index in [4.69, 9.17) is 4.74 Å². The number of amides is 6. The van der Waals surface area contributed by atoms with Crippen molar-refractivity contribution in [2.45, 2.75) is 62.8 Å². The number of hydrogen-bond acceptors (Lipinski definition) is 19. The minimum absolute atomic E-state index is 0.0595. The Kier molecular flexibility index (Phi) is 25.2. The van der Waals surface area contributed by atoms with E-state index in [1.165, 1.54) is 0 Å². The van der Waals surface area contributed by atoms with Crippen LogP contribution in [0.3, 0.4) is 0 Å². The van der Waals surface area contributed by atoms with E-state index >= 15 is 0 Å². The zero-order valence-corrected chi connectivity index (χ0v) is 49.6. The third-order valence-corrected chi connectivity index (χ3v) is 15.4.